The second-order valence-corrected chi connectivity index (χ2v) is 4.92. The number of carbonyl (C=O) groups excluding carboxylic acids is 1. The Morgan fingerprint density at radius 2 is 1.81 bits per heavy atom. The number of urea groups is 1. The van der Waals surface area contributed by atoms with Gasteiger partial charge in [-0.2, -0.15) is 0 Å². The Morgan fingerprint density at radius 1 is 1.12 bits per heavy atom. The van der Waals surface area contributed by atoms with Crippen molar-refractivity contribution < 1.29 is 4.79 Å². The van der Waals surface area contributed by atoms with Crippen LogP contribution in [0.2, 0.25) is 0 Å². The molecule has 2 rings (SSSR count). The van der Waals surface area contributed by atoms with Crippen LogP contribution in [0.5, 0.6) is 0 Å². The molecule has 2 fully saturated rings. The van der Waals surface area contributed by atoms with Crippen LogP contribution in [0.25, 0.3) is 0 Å². The van der Waals surface area contributed by atoms with Gasteiger partial charge in [0.1, 0.15) is 0 Å². The zero-order chi connectivity index (χ0) is 11.5. The number of hydrogen-bond donors (Lipinski definition) is 1. The number of nitrogens with zero attached hydrogens (tertiary/aromatic N) is 3. The van der Waals surface area contributed by atoms with E-state index in [1.54, 1.807) is 0 Å². The Hall–Kier alpha value is -0.810. The number of likely N-dealkylation sites (tertiary alicyclic amines) is 1. The molecule has 16 heavy (non-hydrogen) atoms. The number of rotatable bonds is 0. The summed E-state index contributed by atoms with van der Waals surface area (Å²) in [5.41, 5.74) is 5.89. The van der Waals surface area contributed by atoms with Crippen molar-refractivity contribution in [3.63, 3.8) is 0 Å². The van der Waals surface area contributed by atoms with Gasteiger partial charge in [-0.15, -0.1) is 0 Å². The average Bonchev–Trinajstić information content (AvgIpc) is 2.29. The molecule has 2 heterocycles. The molecule has 2 aliphatic rings. The highest BCUT2D eigenvalue weighted by atomic mass is 16.2. The first-order valence-electron chi connectivity index (χ1n) is 6.15. The minimum Gasteiger partial charge on any atom is -0.326 e. The summed E-state index contributed by atoms with van der Waals surface area (Å²) >= 11 is 0. The van der Waals surface area contributed by atoms with E-state index in [9.17, 15) is 4.79 Å². The topological polar surface area (TPSA) is 52.8 Å². The van der Waals surface area contributed by atoms with Gasteiger partial charge in [-0.05, 0) is 19.9 Å². The van der Waals surface area contributed by atoms with Gasteiger partial charge in [-0.3, -0.25) is 0 Å². The predicted molar refractivity (Wildman–Crippen MR) is 63.2 cm³/mol. The van der Waals surface area contributed by atoms with E-state index in [2.05, 4.69) is 11.9 Å². The molecular weight excluding hydrogens is 204 g/mol. The van der Waals surface area contributed by atoms with Gasteiger partial charge < -0.3 is 20.4 Å². The maximum absolute atomic E-state index is 12.2. The summed E-state index contributed by atoms with van der Waals surface area (Å²) in [7, 11) is 2.10. The molecule has 5 nitrogen and oxygen atoms in total. The Morgan fingerprint density at radius 3 is 2.44 bits per heavy atom. The zero-order valence-electron chi connectivity index (χ0n) is 10.1. The van der Waals surface area contributed by atoms with Gasteiger partial charge in [-0.1, -0.05) is 0 Å². The normalized spacial score (nSPS) is 28.2. The fraction of sp³-hybridized carbons (Fsp3) is 0.909. The lowest BCUT2D eigenvalue weighted by molar-refractivity contribution is 0.113. The Bertz CT molecular complexity index is 250. The van der Waals surface area contributed by atoms with Crippen molar-refractivity contribution in [1.29, 1.82) is 0 Å². The van der Waals surface area contributed by atoms with Crippen molar-refractivity contribution in [2.45, 2.75) is 18.9 Å². The summed E-state index contributed by atoms with van der Waals surface area (Å²) < 4.78 is 0. The van der Waals surface area contributed by atoms with E-state index in [4.69, 9.17) is 5.73 Å². The van der Waals surface area contributed by atoms with Crippen LogP contribution in [-0.2, 0) is 0 Å². The molecule has 2 N–H and O–H groups in total. The number of carbonyl (C=O) groups is 1. The summed E-state index contributed by atoms with van der Waals surface area (Å²) in [6.45, 7) is 5.25. The molecule has 0 spiro atoms. The highest BCUT2D eigenvalue weighted by Gasteiger charge is 2.27. The lowest BCUT2D eigenvalue weighted by Gasteiger charge is -2.38. The second-order valence-electron chi connectivity index (χ2n) is 4.92. The molecule has 5 heteroatoms. The van der Waals surface area contributed by atoms with Gasteiger partial charge in [0.15, 0.2) is 0 Å². The monoisotopic (exact) mass is 226 g/mol. The van der Waals surface area contributed by atoms with Crippen molar-refractivity contribution in [2.24, 2.45) is 5.73 Å². The Labute approximate surface area is 97.2 Å². The van der Waals surface area contributed by atoms with Crippen molar-refractivity contribution in [3.05, 3.63) is 0 Å². The molecule has 2 saturated heterocycles. The van der Waals surface area contributed by atoms with E-state index >= 15 is 0 Å². The van der Waals surface area contributed by atoms with E-state index in [0.717, 1.165) is 52.1 Å². The fourth-order valence-electron chi connectivity index (χ4n) is 2.38. The van der Waals surface area contributed by atoms with Crippen LogP contribution >= 0.6 is 0 Å². The summed E-state index contributed by atoms with van der Waals surface area (Å²) in [5.74, 6) is 0. The van der Waals surface area contributed by atoms with Crippen molar-refractivity contribution in [3.8, 4) is 0 Å². The van der Waals surface area contributed by atoms with E-state index in [0.29, 0.717) is 0 Å². The largest absolute Gasteiger partial charge is 0.326 e. The van der Waals surface area contributed by atoms with Gasteiger partial charge in [0, 0.05) is 45.3 Å². The molecule has 0 aliphatic carbocycles. The van der Waals surface area contributed by atoms with Gasteiger partial charge >= 0.3 is 6.03 Å². The van der Waals surface area contributed by atoms with Crippen LogP contribution in [0, 0.1) is 0 Å². The molecule has 0 aromatic heterocycles. The minimum atomic E-state index is 0.171. The predicted octanol–water partition coefficient (Wildman–Crippen LogP) is -0.223. The number of piperazine rings is 1. The molecule has 1 unspecified atom stereocenters. The van der Waals surface area contributed by atoms with Gasteiger partial charge in [0.2, 0.25) is 0 Å². The first-order chi connectivity index (χ1) is 7.66. The summed E-state index contributed by atoms with van der Waals surface area (Å²) in [4.78, 5) is 18.3. The van der Waals surface area contributed by atoms with Gasteiger partial charge in [0.25, 0.3) is 0 Å². The van der Waals surface area contributed by atoms with Crippen LogP contribution in [0.1, 0.15) is 12.8 Å². The lowest BCUT2D eigenvalue weighted by Crippen LogP contribution is -2.55. The molecule has 2 aliphatic heterocycles. The first-order valence-corrected chi connectivity index (χ1v) is 6.15. The summed E-state index contributed by atoms with van der Waals surface area (Å²) in [6, 6.07) is 0.355. The Balaban J connectivity index is 1.86. The third-order valence-corrected chi connectivity index (χ3v) is 3.50. The maximum atomic E-state index is 12.2. The van der Waals surface area contributed by atoms with E-state index in [1.165, 1.54) is 0 Å². The molecule has 0 bridgehead atoms. The van der Waals surface area contributed by atoms with Gasteiger partial charge in [0.05, 0.1) is 0 Å². The number of piperidine rings is 1. The highest BCUT2D eigenvalue weighted by molar-refractivity contribution is 5.74. The molecule has 1 atom stereocenters. The summed E-state index contributed by atoms with van der Waals surface area (Å²) in [6.07, 6.45) is 2.09. The van der Waals surface area contributed by atoms with Crippen LogP contribution in [0.4, 0.5) is 4.79 Å². The number of amides is 2. The molecule has 0 aromatic carbocycles. The van der Waals surface area contributed by atoms with E-state index in [1.807, 2.05) is 9.80 Å². The van der Waals surface area contributed by atoms with Crippen LogP contribution in [-0.4, -0.2) is 73.1 Å². The van der Waals surface area contributed by atoms with Crippen LogP contribution in [0.15, 0.2) is 0 Å². The molecular formula is C11H22N4O. The SMILES string of the molecule is CN1CCN(C(=O)N2CCCC(N)C2)CC1. The highest BCUT2D eigenvalue weighted by Crippen LogP contribution is 2.12. The Kier molecular flexibility index (Phi) is 3.66. The van der Waals surface area contributed by atoms with Crippen molar-refractivity contribution in [2.75, 3.05) is 46.3 Å². The van der Waals surface area contributed by atoms with E-state index in [-0.39, 0.29) is 12.1 Å². The lowest BCUT2D eigenvalue weighted by atomic mass is 10.1. The zero-order valence-corrected chi connectivity index (χ0v) is 10.1. The standard InChI is InChI=1S/C11H22N4O/c1-13-5-7-14(8-6-13)11(16)15-4-2-3-10(12)9-15/h10H,2-9,12H2,1H3. The third kappa shape index (κ3) is 2.65. The number of likely N-dealkylation sites (N-methyl/N-ethyl adjacent to an activating group) is 1. The smallest absolute Gasteiger partial charge is 0.320 e. The average molecular weight is 226 g/mol. The fourth-order valence-corrected chi connectivity index (χ4v) is 2.38. The molecule has 2 amide bonds. The maximum Gasteiger partial charge on any atom is 0.320 e. The van der Waals surface area contributed by atoms with Crippen molar-refractivity contribution in [1.82, 2.24) is 14.7 Å². The third-order valence-electron chi connectivity index (χ3n) is 3.50. The molecule has 92 valence electrons. The quantitative estimate of drug-likeness (QED) is 0.621. The summed E-state index contributed by atoms with van der Waals surface area (Å²) in [5, 5.41) is 0. The van der Waals surface area contributed by atoms with Crippen molar-refractivity contribution >= 4 is 6.03 Å². The molecule has 0 aromatic rings. The first kappa shape index (κ1) is 11.7. The molecule has 0 saturated carbocycles. The van der Waals surface area contributed by atoms with Crippen LogP contribution in [0.3, 0.4) is 0 Å². The van der Waals surface area contributed by atoms with Gasteiger partial charge in [-0.25, -0.2) is 4.79 Å². The number of nitrogens with two attached hydrogens (primary N) is 1. The minimum absolute atomic E-state index is 0.171. The van der Waals surface area contributed by atoms with E-state index < -0.39 is 0 Å². The molecule has 0 radical (unpaired) electrons. The van der Waals surface area contributed by atoms with Crippen LogP contribution < -0.4 is 5.73 Å². The number of hydrogen-bond acceptors (Lipinski definition) is 3. The second kappa shape index (κ2) is 5.01.